The largest absolute Gasteiger partial charge is 0.507 e. The van der Waals surface area contributed by atoms with Crippen molar-refractivity contribution in [2.24, 2.45) is 0 Å². The van der Waals surface area contributed by atoms with Gasteiger partial charge in [-0.25, -0.2) is 9.37 Å². The number of ether oxygens (including phenoxy) is 3. The summed E-state index contributed by atoms with van der Waals surface area (Å²) in [5.41, 5.74) is 10.3. The summed E-state index contributed by atoms with van der Waals surface area (Å²) in [6, 6.07) is 21.5. The molecule has 0 saturated heterocycles. The van der Waals surface area contributed by atoms with E-state index in [9.17, 15) is 32.3 Å². The van der Waals surface area contributed by atoms with Gasteiger partial charge in [0.15, 0.2) is 6.10 Å². The second kappa shape index (κ2) is 24.5. The molecule has 2 atom stereocenters. The highest BCUT2D eigenvalue weighted by atomic mass is 32.2. The second-order valence-corrected chi connectivity index (χ2v) is 17.0. The number of benzene rings is 4. The summed E-state index contributed by atoms with van der Waals surface area (Å²) in [5, 5.41) is 25.9. The van der Waals surface area contributed by atoms with Crippen LogP contribution in [0.5, 0.6) is 23.0 Å². The van der Waals surface area contributed by atoms with Gasteiger partial charge in [-0.1, -0.05) is 56.7 Å². The zero-order valence-electron chi connectivity index (χ0n) is 37.6. The van der Waals surface area contributed by atoms with Gasteiger partial charge in [-0.3, -0.25) is 18.9 Å². The zero-order valence-corrected chi connectivity index (χ0v) is 38.5. The Balaban J connectivity index is 0.000000608. The van der Waals surface area contributed by atoms with Crippen LogP contribution in [-0.4, -0.2) is 85.4 Å². The average molecular weight is 941 g/mol. The first-order chi connectivity index (χ1) is 32.1. The Morgan fingerprint density at radius 1 is 0.970 bits per heavy atom. The Labute approximate surface area is 389 Å². The van der Waals surface area contributed by atoms with Crippen LogP contribution in [0.1, 0.15) is 79.1 Å². The maximum Gasteiger partial charge on any atom is 0.295 e. The van der Waals surface area contributed by atoms with Crippen molar-refractivity contribution >= 4 is 39.9 Å². The van der Waals surface area contributed by atoms with Gasteiger partial charge < -0.3 is 46.4 Å². The summed E-state index contributed by atoms with van der Waals surface area (Å²) < 4.78 is 62.0. The monoisotopic (exact) mass is 940 g/mol. The van der Waals surface area contributed by atoms with Gasteiger partial charge in [0, 0.05) is 54.7 Å². The molecule has 1 aromatic heterocycles. The number of nitrogen functional groups attached to an aromatic ring is 1. The van der Waals surface area contributed by atoms with Crippen molar-refractivity contribution < 1.29 is 51.1 Å². The molecule has 4 aromatic carbocycles. The topological polar surface area (TPSA) is 252 Å². The van der Waals surface area contributed by atoms with Crippen molar-refractivity contribution in [3.05, 3.63) is 125 Å². The van der Waals surface area contributed by atoms with Gasteiger partial charge in [-0.2, -0.15) is 8.42 Å². The van der Waals surface area contributed by atoms with E-state index in [-0.39, 0.29) is 33.8 Å². The maximum absolute atomic E-state index is 13.4. The van der Waals surface area contributed by atoms with E-state index in [0.29, 0.717) is 92.6 Å². The number of nitrogens with one attached hydrogen (secondary N) is 4. The SMILES string of the molecule is CCCc1c(OCCCOc2cc(O)c(-c3ccc(F)cc3)cc2CC)ccc2c1OC(C(=O)NCCCNC(=O)C(C)NC(=O)c1ccc(N)nc1)CC2.N=Cc1ccccc1S(=O)(=O)O. The number of pyridine rings is 1. The van der Waals surface area contributed by atoms with Crippen LogP contribution >= 0.6 is 0 Å². The lowest BCUT2D eigenvalue weighted by Gasteiger charge is -2.28. The molecular formula is C49H57FN6O10S. The predicted molar refractivity (Wildman–Crippen MR) is 252 cm³/mol. The van der Waals surface area contributed by atoms with E-state index in [2.05, 4.69) is 27.9 Å². The van der Waals surface area contributed by atoms with Gasteiger partial charge >= 0.3 is 0 Å². The first-order valence-corrected chi connectivity index (χ1v) is 23.4. The number of nitrogens with zero attached hydrogens (tertiary/aromatic N) is 1. The van der Waals surface area contributed by atoms with Crippen molar-refractivity contribution in [1.82, 2.24) is 20.9 Å². The Morgan fingerprint density at radius 2 is 1.69 bits per heavy atom. The zero-order chi connectivity index (χ0) is 48.5. The molecule has 0 bridgehead atoms. The Kier molecular flexibility index (Phi) is 18.6. The number of aromatic hydroxyl groups is 1. The molecule has 356 valence electrons. The fourth-order valence-electron chi connectivity index (χ4n) is 7.10. The third-order valence-corrected chi connectivity index (χ3v) is 11.6. The summed E-state index contributed by atoms with van der Waals surface area (Å²) in [7, 11) is -4.20. The molecular weight excluding hydrogens is 884 g/mol. The third-order valence-electron chi connectivity index (χ3n) is 10.6. The molecule has 18 heteroatoms. The van der Waals surface area contributed by atoms with E-state index >= 15 is 0 Å². The molecule has 6 rings (SSSR count). The van der Waals surface area contributed by atoms with Crippen molar-refractivity contribution in [1.29, 1.82) is 5.41 Å². The van der Waals surface area contributed by atoms with Crippen LogP contribution in [0.25, 0.3) is 11.1 Å². The molecule has 5 aromatic rings. The minimum atomic E-state index is -4.20. The number of anilines is 1. The van der Waals surface area contributed by atoms with E-state index < -0.39 is 28.2 Å². The Bertz CT molecular complexity index is 2610. The average Bonchev–Trinajstić information content (AvgIpc) is 3.32. The molecule has 0 fully saturated rings. The number of rotatable bonds is 20. The molecule has 3 amide bonds. The number of aryl methyl sites for hydroxylation is 2. The van der Waals surface area contributed by atoms with Crippen molar-refractivity contribution in [2.45, 2.75) is 82.8 Å². The molecule has 2 heterocycles. The van der Waals surface area contributed by atoms with Crippen molar-refractivity contribution in [3.63, 3.8) is 0 Å². The summed E-state index contributed by atoms with van der Waals surface area (Å²) in [6.07, 6.45) is 6.16. The molecule has 0 saturated carbocycles. The van der Waals surface area contributed by atoms with Gasteiger partial charge in [-0.15, -0.1) is 0 Å². The number of amides is 3. The Morgan fingerprint density at radius 3 is 2.34 bits per heavy atom. The lowest BCUT2D eigenvalue weighted by atomic mass is 9.96. The fourth-order valence-corrected chi connectivity index (χ4v) is 7.78. The quantitative estimate of drug-likeness (QED) is 0.0248. The van der Waals surface area contributed by atoms with Gasteiger partial charge in [0.05, 0.1) is 18.8 Å². The number of fused-ring (bicyclic) bond motifs is 1. The highest BCUT2D eigenvalue weighted by Crippen LogP contribution is 2.39. The third kappa shape index (κ3) is 14.5. The second-order valence-electron chi connectivity index (χ2n) is 15.6. The number of hydrogen-bond donors (Lipinski definition) is 7. The van der Waals surface area contributed by atoms with Crippen LogP contribution in [0.2, 0.25) is 0 Å². The minimum absolute atomic E-state index is 0.0623. The number of aromatic nitrogens is 1. The van der Waals surface area contributed by atoms with Crippen molar-refractivity contribution in [2.75, 3.05) is 32.0 Å². The number of halogens is 1. The first kappa shape index (κ1) is 50.9. The summed E-state index contributed by atoms with van der Waals surface area (Å²) >= 11 is 0. The smallest absolute Gasteiger partial charge is 0.295 e. The van der Waals surface area contributed by atoms with Crippen molar-refractivity contribution in [3.8, 4) is 34.1 Å². The van der Waals surface area contributed by atoms with E-state index in [4.69, 9.17) is 29.9 Å². The number of carbonyl (C=O) groups is 3. The minimum Gasteiger partial charge on any atom is -0.507 e. The number of hydrogen-bond acceptors (Lipinski definition) is 12. The predicted octanol–water partition coefficient (Wildman–Crippen LogP) is 6.60. The molecule has 1 aliphatic heterocycles. The van der Waals surface area contributed by atoms with E-state index in [1.165, 1.54) is 48.7 Å². The van der Waals surface area contributed by atoms with E-state index in [1.54, 1.807) is 31.2 Å². The van der Waals surface area contributed by atoms with Gasteiger partial charge in [0.25, 0.3) is 21.9 Å². The number of phenolic OH excluding ortho intramolecular Hbond substituents is 1. The first-order valence-electron chi connectivity index (χ1n) is 22.0. The lowest BCUT2D eigenvalue weighted by molar-refractivity contribution is -0.128. The molecule has 67 heavy (non-hydrogen) atoms. The number of nitrogens with two attached hydrogens (primary N) is 1. The molecule has 0 radical (unpaired) electrons. The molecule has 16 nitrogen and oxygen atoms in total. The van der Waals surface area contributed by atoms with Crippen LogP contribution in [0.3, 0.4) is 0 Å². The van der Waals surface area contributed by atoms with E-state index in [1.807, 2.05) is 25.1 Å². The number of carbonyl (C=O) groups excluding carboxylic acids is 3. The van der Waals surface area contributed by atoms with Crippen LogP contribution < -0.4 is 35.9 Å². The molecule has 1 aliphatic rings. The summed E-state index contributed by atoms with van der Waals surface area (Å²) in [6.45, 7) is 7.10. The molecule has 8 N–H and O–H groups in total. The maximum atomic E-state index is 13.4. The summed E-state index contributed by atoms with van der Waals surface area (Å²) in [4.78, 5) is 41.6. The van der Waals surface area contributed by atoms with Gasteiger partial charge in [0.1, 0.15) is 45.6 Å². The number of phenols is 1. The van der Waals surface area contributed by atoms with Gasteiger partial charge in [-0.05, 0) is 98.2 Å². The van der Waals surface area contributed by atoms with Crippen LogP contribution in [0, 0.1) is 11.2 Å². The van der Waals surface area contributed by atoms with Gasteiger partial charge in [0.2, 0.25) is 5.91 Å². The van der Waals surface area contributed by atoms with E-state index in [0.717, 1.165) is 41.3 Å². The molecule has 0 aliphatic carbocycles. The highest BCUT2D eigenvalue weighted by Gasteiger charge is 2.29. The summed E-state index contributed by atoms with van der Waals surface area (Å²) in [5.74, 6) is 1.03. The highest BCUT2D eigenvalue weighted by molar-refractivity contribution is 7.86. The molecule has 2 unspecified atom stereocenters. The van der Waals surface area contributed by atoms with Crippen LogP contribution in [-0.2, 0) is 39.0 Å². The van der Waals surface area contributed by atoms with Crippen LogP contribution in [0.4, 0.5) is 10.2 Å². The van der Waals surface area contributed by atoms with Crippen LogP contribution in [0.15, 0.2) is 96.0 Å². The Hall–Kier alpha value is -7.05. The lowest BCUT2D eigenvalue weighted by Crippen LogP contribution is -2.45. The standard InChI is InChI=1S/C42H50FN5O7.C7H7NO3S/c1-4-8-32-35(53-21-7-22-54-37-24-34(49)33(23-27(37)5-2)28-9-14-31(43)15-10-28)16-11-29-12-17-36(55-39(29)32)42(52)46-20-6-19-45-40(50)26(3)48-41(51)30-13-18-38(44)47-25-30;8-5-6-3-1-2-4-7(6)12(9,10)11/h9-11,13-16,18,23-26,36,49H,4-8,12,17,19-22H2,1-3H3,(H2,44,47)(H,45,50)(H,46,52)(H,48,51);1-5,8H,(H,9,10,11). The fraction of sp³-hybridized carbons (Fsp3) is 0.327. The molecule has 0 spiro atoms. The normalized spacial score (nSPS) is 13.4.